The van der Waals surface area contributed by atoms with Gasteiger partial charge in [0.25, 0.3) is 0 Å². The minimum atomic E-state index is -0.0772. The van der Waals surface area contributed by atoms with Crippen LogP contribution in [0.1, 0.15) is 110 Å². The zero-order valence-electron chi connectivity index (χ0n) is 16.1. The normalized spacial score (nSPS) is 38.9. The highest BCUT2D eigenvalue weighted by Gasteiger charge is 2.53. The van der Waals surface area contributed by atoms with Crippen molar-refractivity contribution in [2.45, 2.75) is 116 Å². The summed E-state index contributed by atoms with van der Waals surface area (Å²) in [6, 6.07) is 0. The molecule has 4 rings (SSSR count). The summed E-state index contributed by atoms with van der Waals surface area (Å²) in [5.41, 5.74) is 0.529. The van der Waals surface area contributed by atoms with Crippen LogP contribution in [0.4, 0.5) is 0 Å². The van der Waals surface area contributed by atoms with Gasteiger partial charge < -0.3 is 4.74 Å². The van der Waals surface area contributed by atoms with E-state index in [1.807, 2.05) is 6.92 Å². The average molecular weight is 335 g/mol. The Labute approximate surface area is 149 Å². The summed E-state index contributed by atoms with van der Waals surface area (Å²) in [6.07, 6.45) is 19.5. The zero-order valence-corrected chi connectivity index (χ0v) is 16.1. The molecule has 138 valence electrons. The number of hydrogen-bond donors (Lipinski definition) is 0. The number of fused-ring (bicyclic) bond motifs is 3. The smallest absolute Gasteiger partial charge is 0.306 e. The molecule has 0 aromatic rings. The van der Waals surface area contributed by atoms with Gasteiger partial charge in [-0.3, -0.25) is 4.79 Å². The average Bonchev–Trinajstić information content (AvgIpc) is 2.64. The number of esters is 1. The second-order valence-corrected chi connectivity index (χ2v) is 9.09. The third kappa shape index (κ3) is 3.83. The predicted molar refractivity (Wildman–Crippen MR) is 98.8 cm³/mol. The van der Waals surface area contributed by atoms with E-state index < -0.39 is 0 Å². The van der Waals surface area contributed by atoms with Crippen molar-refractivity contribution in [3.05, 3.63) is 0 Å². The molecule has 24 heavy (non-hydrogen) atoms. The van der Waals surface area contributed by atoms with Crippen LogP contribution >= 0.6 is 0 Å². The maximum atomic E-state index is 11.8. The third-order valence-corrected chi connectivity index (χ3v) is 7.78. The molecule has 4 fully saturated rings. The lowest BCUT2D eigenvalue weighted by molar-refractivity contribution is -0.182. The fourth-order valence-corrected chi connectivity index (χ4v) is 6.01. The maximum absolute atomic E-state index is 11.8. The van der Waals surface area contributed by atoms with E-state index in [-0.39, 0.29) is 11.6 Å². The van der Waals surface area contributed by atoms with Crippen LogP contribution in [-0.4, -0.2) is 11.6 Å². The van der Waals surface area contributed by atoms with Gasteiger partial charge >= 0.3 is 5.97 Å². The minimum Gasteiger partial charge on any atom is -0.459 e. The Morgan fingerprint density at radius 2 is 1.54 bits per heavy atom. The van der Waals surface area contributed by atoms with Gasteiger partial charge in [0.1, 0.15) is 5.60 Å². The molecule has 0 radical (unpaired) electrons. The lowest BCUT2D eigenvalue weighted by Gasteiger charge is -2.56. The standard InChI is InChI=1S/C22H38O2/c1-3-5-6-7-18-8-10-19(11-9-18)21-12-15-22(16-13-21,17-14-21)24-20(23)4-2/h18-19H,3-17H2,1-2H3. The van der Waals surface area contributed by atoms with Gasteiger partial charge in [-0.1, -0.05) is 52.4 Å². The molecule has 0 aromatic carbocycles. The highest BCUT2D eigenvalue weighted by atomic mass is 16.6. The van der Waals surface area contributed by atoms with Crippen molar-refractivity contribution in [2.24, 2.45) is 17.3 Å². The van der Waals surface area contributed by atoms with Gasteiger partial charge in [0.05, 0.1) is 0 Å². The monoisotopic (exact) mass is 334 g/mol. The number of unbranched alkanes of at least 4 members (excludes halogenated alkanes) is 2. The number of ether oxygens (including phenoxy) is 1. The van der Waals surface area contributed by atoms with Crippen molar-refractivity contribution in [3.63, 3.8) is 0 Å². The van der Waals surface area contributed by atoms with Gasteiger partial charge in [0.15, 0.2) is 0 Å². The van der Waals surface area contributed by atoms with E-state index in [1.165, 1.54) is 70.6 Å². The topological polar surface area (TPSA) is 26.3 Å². The Hall–Kier alpha value is -0.530. The Kier molecular flexibility index (Phi) is 5.93. The molecule has 2 bridgehead atoms. The summed E-state index contributed by atoms with van der Waals surface area (Å²) in [7, 11) is 0. The van der Waals surface area contributed by atoms with Crippen molar-refractivity contribution in [3.8, 4) is 0 Å². The van der Waals surface area contributed by atoms with Gasteiger partial charge in [-0.2, -0.15) is 0 Å². The SMILES string of the molecule is CCCCCC1CCC(C23CCC(OC(=O)CC)(CC2)CC3)CC1. The van der Waals surface area contributed by atoms with E-state index in [2.05, 4.69) is 6.92 Å². The number of hydrogen-bond acceptors (Lipinski definition) is 2. The van der Waals surface area contributed by atoms with Crippen molar-refractivity contribution < 1.29 is 9.53 Å². The third-order valence-electron chi connectivity index (χ3n) is 7.78. The molecule has 0 saturated heterocycles. The van der Waals surface area contributed by atoms with Crippen LogP contribution < -0.4 is 0 Å². The Morgan fingerprint density at radius 1 is 0.917 bits per heavy atom. The summed E-state index contributed by atoms with van der Waals surface area (Å²) < 4.78 is 5.88. The van der Waals surface area contributed by atoms with E-state index in [4.69, 9.17) is 4.74 Å². The molecule has 0 aromatic heterocycles. The quantitative estimate of drug-likeness (QED) is 0.396. The molecule has 4 aliphatic carbocycles. The van der Waals surface area contributed by atoms with E-state index >= 15 is 0 Å². The maximum Gasteiger partial charge on any atom is 0.306 e. The first-order valence-corrected chi connectivity index (χ1v) is 10.8. The van der Waals surface area contributed by atoms with Crippen LogP contribution in [0.3, 0.4) is 0 Å². The number of carbonyl (C=O) groups is 1. The number of carbonyl (C=O) groups excluding carboxylic acids is 1. The van der Waals surface area contributed by atoms with Crippen LogP contribution in [0.5, 0.6) is 0 Å². The van der Waals surface area contributed by atoms with Gasteiger partial charge in [-0.25, -0.2) is 0 Å². The first-order chi connectivity index (χ1) is 11.6. The van der Waals surface area contributed by atoms with Gasteiger partial charge in [0.2, 0.25) is 0 Å². The van der Waals surface area contributed by atoms with Gasteiger partial charge in [0, 0.05) is 6.42 Å². The van der Waals surface area contributed by atoms with Crippen LogP contribution in [0, 0.1) is 17.3 Å². The molecule has 0 N–H and O–H groups in total. The summed E-state index contributed by atoms with van der Waals surface area (Å²) in [5.74, 6) is 1.98. The molecule has 2 nitrogen and oxygen atoms in total. The summed E-state index contributed by atoms with van der Waals surface area (Å²) in [6.45, 7) is 4.22. The van der Waals surface area contributed by atoms with E-state index in [1.54, 1.807) is 0 Å². The van der Waals surface area contributed by atoms with Crippen molar-refractivity contribution in [2.75, 3.05) is 0 Å². The molecule has 2 heteroatoms. The summed E-state index contributed by atoms with van der Waals surface area (Å²) in [5, 5.41) is 0. The Balaban J connectivity index is 1.49. The van der Waals surface area contributed by atoms with Gasteiger partial charge in [-0.05, 0) is 68.6 Å². The summed E-state index contributed by atoms with van der Waals surface area (Å²) in [4.78, 5) is 11.8. The fourth-order valence-electron chi connectivity index (χ4n) is 6.01. The largest absolute Gasteiger partial charge is 0.459 e. The molecule has 4 aliphatic rings. The number of rotatable bonds is 7. The molecule has 0 atom stereocenters. The minimum absolute atomic E-state index is 0.0111. The lowest BCUT2D eigenvalue weighted by atomic mass is 9.51. The van der Waals surface area contributed by atoms with E-state index in [9.17, 15) is 4.79 Å². The van der Waals surface area contributed by atoms with Crippen LogP contribution in [-0.2, 0) is 9.53 Å². The van der Waals surface area contributed by atoms with Crippen LogP contribution in [0.15, 0.2) is 0 Å². The molecular weight excluding hydrogens is 296 g/mol. The van der Waals surface area contributed by atoms with Crippen LogP contribution in [0.25, 0.3) is 0 Å². The first kappa shape index (κ1) is 18.3. The molecule has 0 spiro atoms. The highest BCUT2D eigenvalue weighted by molar-refractivity contribution is 5.69. The predicted octanol–water partition coefficient (Wildman–Crippen LogP) is 6.42. The van der Waals surface area contributed by atoms with Crippen molar-refractivity contribution in [1.29, 1.82) is 0 Å². The summed E-state index contributed by atoms with van der Waals surface area (Å²) >= 11 is 0. The van der Waals surface area contributed by atoms with Crippen LogP contribution in [0.2, 0.25) is 0 Å². The molecular formula is C22H38O2. The second kappa shape index (κ2) is 7.79. The highest BCUT2D eigenvalue weighted by Crippen LogP contribution is 2.60. The molecule has 0 heterocycles. The molecule has 0 unspecified atom stereocenters. The Bertz CT molecular complexity index is 395. The van der Waals surface area contributed by atoms with Gasteiger partial charge in [-0.15, -0.1) is 0 Å². The molecule has 4 saturated carbocycles. The van der Waals surface area contributed by atoms with E-state index in [0.717, 1.165) is 31.1 Å². The molecule has 0 aliphatic heterocycles. The Morgan fingerprint density at radius 3 is 2.08 bits per heavy atom. The first-order valence-electron chi connectivity index (χ1n) is 10.8. The van der Waals surface area contributed by atoms with Crippen molar-refractivity contribution in [1.82, 2.24) is 0 Å². The van der Waals surface area contributed by atoms with E-state index in [0.29, 0.717) is 11.8 Å². The molecule has 0 amide bonds. The zero-order chi connectivity index (χ0) is 17.0. The fraction of sp³-hybridized carbons (Fsp3) is 0.955. The lowest BCUT2D eigenvalue weighted by Crippen LogP contribution is -2.51. The second-order valence-electron chi connectivity index (χ2n) is 9.09. The van der Waals surface area contributed by atoms with Crippen molar-refractivity contribution >= 4 is 5.97 Å².